The lowest BCUT2D eigenvalue weighted by molar-refractivity contribution is 0.101. The SMILES string of the molecule is CC(=O)c1c(C)nsc1Nc1cccc2cc(Br)cnc12. The molecule has 1 N–H and O–H groups in total. The number of aryl methyl sites for hydroxylation is 1. The van der Waals surface area contributed by atoms with E-state index in [2.05, 4.69) is 30.6 Å². The van der Waals surface area contributed by atoms with Crippen LogP contribution < -0.4 is 5.32 Å². The molecule has 0 aliphatic heterocycles. The number of benzene rings is 1. The topological polar surface area (TPSA) is 54.9 Å². The van der Waals surface area contributed by atoms with Gasteiger partial charge in [-0.2, -0.15) is 4.37 Å². The Labute approximate surface area is 134 Å². The molecular weight excluding hydrogens is 350 g/mol. The van der Waals surface area contributed by atoms with Crippen LogP contribution in [0.1, 0.15) is 23.0 Å². The molecule has 0 amide bonds. The van der Waals surface area contributed by atoms with Gasteiger partial charge in [0, 0.05) is 16.1 Å². The molecule has 3 aromatic rings. The Hall–Kier alpha value is -1.79. The molecule has 0 unspecified atom stereocenters. The van der Waals surface area contributed by atoms with Crippen molar-refractivity contribution in [1.29, 1.82) is 0 Å². The van der Waals surface area contributed by atoms with Crippen molar-refractivity contribution in [2.45, 2.75) is 13.8 Å². The van der Waals surface area contributed by atoms with Gasteiger partial charge in [-0.15, -0.1) is 0 Å². The van der Waals surface area contributed by atoms with E-state index in [4.69, 9.17) is 0 Å². The number of nitrogens with one attached hydrogen (secondary N) is 1. The number of nitrogens with zero attached hydrogens (tertiary/aromatic N) is 2. The van der Waals surface area contributed by atoms with Crippen LogP contribution in [0, 0.1) is 6.92 Å². The van der Waals surface area contributed by atoms with Crippen LogP contribution >= 0.6 is 27.5 Å². The summed E-state index contributed by atoms with van der Waals surface area (Å²) < 4.78 is 5.19. The van der Waals surface area contributed by atoms with Crippen LogP contribution in [0.25, 0.3) is 10.9 Å². The molecule has 2 heterocycles. The molecule has 4 nitrogen and oxygen atoms in total. The molecule has 0 fully saturated rings. The number of aromatic nitrogens is 2. The number of halogens is 1. The number of Topliss-reactive ketones (excluding diaryl/α,β-unsaturated/α-hetero) is 1. The van der Waals surface area contributed by atoms with Crippen LogP contribution in [0.2, 0.25) is 0 Å². The van der Waals surface area contributed by atoms with E-state index in [1.54, 1.807) is 13.1 Å². The number of rotatable bonds is 3. The molecule has 1 aromatic carbocycles. The monoisotopic (exact) mass is 361 g/mol. The van der Waals surface area contributed by atoms with Crippen LogP contribution in [0.4, 0.5) is 10.7 Å². The summed E-state index contributed by atoms with van der Waals surface area (Å²) in [5.74, 6) is 0.0136. The Kier molecular flexibility index (Phi) is 3.73. The molecule has 0 atom stereocenters. The van der Waals surface area contributed by atoms with Crippen LogP contribution in [0.15, 0.2) is 34.9 Å². The third kappa shape index (κ3) is 2.69. The lowest BCUT2D eigenvalue weighted by Gasteiger charge is -2.08. The Morgan fingerprint density at radius 3 is 2.95 bits per heavy atom. The van der Waals surface area contributed by atoms with Crippen molar-refractivity contribution >= 4 is 54.8 Å². The predicted octanol–water partition coefficient (Wildman–Crippen LogP) is 4.71. The van der Waals surface area contributed by atoms with E-state index in [0.717, 1.165) is 31.8 Å². The second-order valence-electron chi connectivity index (χ2n) is 4.68. The minimum atomic E-state index is 0.0136. The Balaban J connectivity index is 2.09. The van der Waals surface area contributed by atoms with Crippen molar-refractivity contribution in [3.8, 4) is 0 Å². The van der Waals surface area contributed by atoms with Crippen LogP contribution in [0.5, 0.6) is 0 Å². The first kappa shape index (κ1) is 14.2. The summed E-state index contributed by atoms with van der Waals surface area (Å²) in [6.45, 7) is 3.40. The summed E-state index contributed by atoms with van der Waals surface area (Å²) in [4.78, 5) is 16.2. The van der Waals surface area contributed by atoms with Gasteiger partial charge in [0.2, 0.25) is 0 Å². The van der Waals surface area contributed by atoms with Crippen LogP contribution in [0.3, 0.4) is 0 Å². The van der Waals surface area contributed by atoms with Gasteiger partial charge < -0.3 is 5.32 Å². The fraction of sp³-hybridized carbons (Fsp3) is 0.133. The summed E-state index contributed by atoms with van der Waals surface area (Å²) in [7, 11) is 0. The number of hydrogen-bond donors (Lipinski definition) is 1. The van der Waals surface area contributed by atoms with Crippen LogP contribution in [-0.4, -0.2) is 15.1 Å². The number of ketones is 1. The number of pyridine rings is 1. The van der Waals surface area contributed by atoms with E-state index >= 15 is 0 Å². The smallest absolute Gasteiger partial charge is 0.164 e. The largest absolute Gasteiger partial charge is 0.344 e. The molecule has 0 radical (unpaired) electrons. The van der Waals surface area contributed by atoms with Gasteiger partial charge in [-0.05, 0) is 53.4 Å². The van der Waals surface area contributed by atoms with E-state index in [-0.39, 0.29) is 5.78 Å². The molecular formula is C15H12BrN3OS. The fourth-order valence-corrected chi connectivity index (χ4v) is 3.43. The van der Waals surface area contributed by atoms with Gasteiger partial charge in [0.25, 0.3) is 0 Å². The minimum Gasteiger partial charge on any atom is -0.344 e. The average molecular weight is 362 g/mol. The second-order valence-corrected chi connectivity index (χ2v) is 6.37. The number of para-hydroxylation sites is 1. The van der Waals surface area contributed by atoms with Crippen LogP contribution in [-0.2, 0) is 0 Å². The van der Waals surface area contributed by atoms with Crippen molar-refractivity contribution < 1.29 is 4.79 Å². The zero-order valence-electron chi connectivity index (χ0n) is 11.5. The predicted molar refractivity (Wildman–Crippen MR) is 89.6 cm³/mol. The Morgan fingerprint density at radius 1 is 1.38 bits per heavy atom. The van der Waals surface area contributed by atoms with E-state index < -0.39 is 0 Å². The Morgan fingerprint density at radius 2 is 2.19 bits per heavy atom. The summed E-state index contributed by atoms with van der Waals surface area (Å²) >= 11 is 4.71. The number of fused-ring (bicyclic) bond motifs is 1. The summed E-state index contributed by atoms with van der Waals surface area (Å²) in [5.41, 5.74) is 3.13. The van der Waals surface area contributed by atoms with Gasteiger partial charge in [0.15, 0.2) is 5.78 Å². The van der Waals surface area contributed by atoms with Crippen molar-refractivity contribution in [2.75, 3.05) is 5.32 Å². The maximum Gasteiger partial charge on any atom is 0.164 e. The molecule has 0 aliphatic rings. The lowest BCUT2D eigenvalue weighted by Crippen LogP contribution is -1.99. The van der Waals surface area contributed by atoms with Crippen molar-refractivity contribution in [3.63, 3.8) is 0 Å². The molecule has 0 saturated heterocycles. The number of hydrogen-bond acceptors (Lipinski definition) is 5. The highest BCUT2D eigenvalue weighted by Gasteiger charge is 2.15. The standard InChI is InChI=1S/C15H12BrN3OS/c1-8-13(9(2)20)15(21-19-8)18-12-5-3-4-10-6-11(16)7-17-14(10)12/h3-7,18H,1-2H3. The number of anilines is 2. The van der Waals surface area contributed by atoms with E-state index in [1.165, 1.54) is 11.5 Å². The number of carbonyl (C=O) groups is 1. The maximum absolute atomic E-state index is 11.8. The molecule has 106 valence electrons. The zero-order chi connectivity index (χ0) is 15.0. The third-order valence-electron chi connectivity index (χ3n) is 3.14. The maximum atomic E-state index is 11.8. The highest BCUT2D eigenvalue weighted by Crippen LogP contribution is 2.31. The quantitative estimate of drug-likeness (QED) is 0.686. The molecule has 2 aromatic heterocycles. The molecule has 0 bridgehead atoms. The summed E-state index contributed by atoms with van der Waals surface area (Å²) in [6.07, 6.45) is 1.76. The first-order valence-corrected chi connectivity index (χ1v) is 7.91. The van der Waals surface area contributed by atoms with Gasteiger partial charge in [0.1, 0.15) is 5.00 Å². The van der Waals surface area contributed by atoms with Gasteiger partial charge >= 0.3 is 0 Å². The molecule has 0 saturated carbocycles. The summed E-state index contributed by atoms with van der Waals surface area (Å²) in [6, 6.07) is 7.92. The molecule has 3 rings (SSSR count). The van der Waals surface area contributed by atoms with Crippen molar-refractivity contribution in [2.24, 2.45) is 0 Å². The van der Waals surface area contributed by atoms with E-state index in [9.17, 15) is 4.79 Å². The average Bonchev–Trinajstić information content (AvgIpc) is 2.79. The molecule has 21 heavy (non-hydrogen) atoms. The fourth-order valence-electron chi connectivity index (χ4n) is 2.23. The lowest BCUT2D eigenvalue weighted by atomic mass is 10.1. The highest BCUT2D eigenvalue weighted by atomic mass is 79.9. The zero-order valence-corrected chi connectivity index (χ0v) is 13.9. The second kappa shape index (κ2) is 5.54. The molecule has 0 spiro atoms. The van der Waals surface area contributed by atoms with Gasteiger partial charge in [-0.25, -0.2) is 0 Å². The first-order valence-electron chi connectivity index (χ1n) is 6.35. The molecule has 6 heteroatoms. The Bertz CT molecular complexity index is 844. The minimum absolute atomic E-state index is 0.0136. The summed E-state index contributed by atoms with van der Waals surface area (Å²) in [5, 5.41) is 5.08. The highest BCUT2D eigenvalue weighted by molar-refractivity contribution is 9.10. The molecule has 0 aliphatic carbocycles. The van der Waals surface area contributed by atoms with E-state index in [1.807, 2.05) is 31.2 Å². The van der Waals surface area contributed by atoms with E-state index in [0.29, 0.717) is 5.56 Å². The van der Waals surface area contributed by atoms with Gasteiger partial charge in [0.05, 0.1) is 22.5 Å². The van der Waals surface area contributed by atoms with Crippen molar-refractivity contribution in [3.05, 3.63) is 46.2 Å². The van der Waals surface area contributed by atoms with Crippen molar-refractivity contribution in [1.82, 2.24) is 9.36 Å². The normalized spacial score (nSPS) is 10.8. The van der Waals surface area contributed by atoms with Gasteiger partial charge in [-0.3, -0.25) is 9.78 Å². The number of carbonyl (C=O) groups excluding carboxylic acids is 1. The third-order valence-corrected chi connectivity index (χ3v) is 4.43. The van der Waals surface area contributed by atoms with Gasteiger partial charge in [-0.1, -0.05) is 12.1 Å². The first-order chi connectivity index (χ1) is 10.1.